The van der Waals surface area contributed by atoms with Gasteiger partial charge in [-0.15, -0.1) is 11.3 Å². The van der Waals surface area contributed by atoms with E-state index in [0.29, 0.717) is 0 Å². The summed E-state index contributed by atoms with van der Waals surface area (Å²) in [7, 11) is 1.89. The molecular formula is C28H27N3O2S. The number of anilines is 1. The summed E-state index contributed by atoms with van der Waals surface area (Å²) in [5, 5.41) is 3.73. The van der Waals surface area contributed by atoms with E-state index in [-0.39, 0.29) is 11.5 Å². The molecule has 5 rings (SSSR count). The number of hydrogen-bond donors (Lipinski definition) is 1. The molecule has 1 aliphatic rings. The molecule has 0 radical (unpaired) electrons. The molecule has 0 fully saturated rings. The number of amides is 1. The van der Waals surface area contributed by atoms with Crippen molar-refractivity contribution in [3.05, 3.63) is 99.3 Å². The molecule has 34 heavy (non-hydrogen) atoms. The second kappa shape index (κ2) is 9.41. The zero-order valence-electron chi connectivity index (χ0n) is 19.4. The van der Waals surface area contributed by atoms with Crippen molar-refractivity contribution in [1.29, 1.82) is 0 Å². The van der Waals surface area contributed by atoms with E-state index in [1.165, 1.54) is 17.4 Å². The molecule has 6 heteroatoms. The number of aromatic nitrogens is 1. The zero-order chi connectivity index (χ0) is 23.7. The number of nitrogens with one attached hydrogen (secondary N) is 1. The molecule has 1 amide bonds. The van der Waals surface area contributed by atoms with Crippen molar-refractivity contribution in [2.24, 2.45) is 7.05 Å². The van der Waals surface area contributed by atoms with E-state index in [2.05, 4.69) is 46.6 Å². The summed E-state index contributed by atoms with van der Waals surface area (Å²) >= 11 is 1.61. The van der Waals surface area contributed by atoms with Crippen LogP contribution in [0.1, 0.15) is 23.1 Å². The van der Waals surface area contributed by atoms with Crippen LogP contribution in [0, 0.1) is 0 Å². The van der Waals surface area contributed by atoms with Crippen LogP contribution in [0.25, 0.3) is 22.3 Å². The smallest absolute Gasteiger partial charge is 0.258 e. The molecule has 0 bridgehead atoms. The lowest BCUT2D eigenvalue weighted by molar-refractivity contribution is -0.114. The maximum Gasteiger partial charge on any atom is 0.258 e. The largest absolute Gasteiger partial charge is 0.318 e. The summed E-state index contributed by atoms with van der Waals surface area (Å²) < 4.78 is 1.83. The van der Waals surface area contributed by atoms with Crippen LogP contribution in [0.4, 0.5) is 5.00 Å². The fourth-order valence-electron chi connectivity index (χ4n) is 4.65. The van der Waals surface area contributed by atoms with Gasteiger partial charge >= 0.3 is 0 Å². The summed E-state index contributed by atoms with van der Waals surface area (Å²) in [5.41, 5.74) is 6.30. The van der Waals surface area contributed by atoms with E-state index in [1.807, 2.05) is 48.0 Å². The van der Waals surface area contributed by atoms with Gasteiger partial charge in [0.2, 0.25) is 5.91 Å². The second-order valence-corrected chi connectivity index (χ2v) is 9.92. The summed E-state index contributed by atoms with van der Waals surface area (Å²) in [5.74, 6) is -0.0509. The predicted molar refractivity (Wildman–Crippen MR) is 139 cm³/mol. The van der Waals surface area contributed by atoms with Gasteiger partial charge in [-0.25, -0.2) is 0 Å². The average Bonchev–Trinajstić information content (AvgIpc) is 3.27. The first-order chi connectivity index (χ1) is 16.5. The number of hydrogen-bond acceptors (Lipinski definition) is 4. The van der Waals surface area contributed by atoms with Crippen molar-refractivity contribution in [3.8, 4) is 22.3 Å². The van der Waals surface area contributed by atoms with Crippen LogP contribution in [0.5, 0.6) is 0 Å². The minimum absolute atomic E-state index is 0.0509. The molecule has 5 nitrogen and oxygen atoms in total. The Kier molecular flexibility index (Phi) is 6.18. The molecule has 0 saturated heterocycles. The summed E-state index contributed by atoms with van der Waals surface area (Å²) in [6.45, 7) is 4.04. The fourth-order valence-corrected chi connectivity index (χ4v) is 5.65. The average molecular weight is 470 g/mol. The van der Waals surface area contributed by atoms with Crippen LogP contribution in [0.3, 0.4) is 0 Å². The maximum absolute atomic E-state index is 13.3. The highest BCUT2D eigenvalue weighted by molar-refractivity contribution is 7.16. The number of rotatable bonds is 5. The highest BCUT2D eigenvalue weighted by Crippen LogP contribution is 2.29. The van der Waals surface area contributed by atoms with E-state index >= 15 is 0 Å². The second-order valence-electron chi connectivity index (χ2n) is 8.75. The van der Waals surface area contributed by atoms with Crippen molar-refractivity contribution in [2.45, 2.75) is 26.4 Å². The lowest BCUT2D eigenvalue weighted by Gasteiger charge is -2.30. The number of fused-ring (bicyclic) bond motifs is 1. The molecule has 2 aromatic carbocycles. The highest BCUT2D eigenvalue weighted by atomic mass is 32.1. The quantitative estimate of drug-likeness (QED) is 0.432. The molecule has 2 aromatic heterocycles. The van der Waals surface area contributed by atoms with E-state index < -0.39 is 0 Å². The monoisotopic (exact) mass is 469 g/mol. The molecule has 1 N–H and O–H groups in total. The molecule has 0 saturated carbocycles. The first kappa shape index (κ1) is 22.3. The van der Waals surface area contributed by atoms with Crippen LogP contribution in [-0.4, -0.2) is 21.9 Å². The molecule has 0 unspecified atom stereocenters. The van der Waals surface area contributed by atoms with Crippen molar-refractivity contribution in [2.75, 3.05) is 11.9 Å². The number of nitrogens with zero attached hydrogens (tertiary/aromatic N) is 2. The van der Waals surface area contributed by atoms with Crippen LogP contribution in [0.15, 0.2) is 77.6 Å². The van der Waals surface area contributed by atoms with Gasteiger partial charge in [0.1, 0.15) is 0 Å². The summed E-state index contributed by atoms with van der Waals surface area (Å²) in [6, 6.07) is 24.6. The summed E-state index contributed by atoms with van der Waals surface area (Å²) in [4.78, 5) is 28.2. The molecule has 0 atom stereocenters. The van der Waals surface area contributed by atoms with Gasteiger partial charge in [0, 0.05) is 56.2 Å². The van der Waals surface area contributed by atoms with E-state index in [1.54, 1.807) is 11.3 Å². The third-order valence-corrected chi connectivity index (χ3v) is 7.29. The minimum atomic E-state index is -0.0509. The van der Waals surface area contributed by atoms with Crippen molar-refractivity contribution in [1.82, 2.24) is 9.47 Å². The Morgan fingerprint density at radius 1 is 0.971 bits per heavy atom. The number of benzene rings is 2. The van der Waals surface area contributed by atoms with Gasteiger partial charge in [-0.3, -0.25) is 14.5 Å². The van der Waals surface area contributed by atoms with Crippen LogP contribution in [-0.2, 0) is 31.4 Å². The fraction of sp³-hybridized carbons (Fsp3) is 0.214. The Hall–Kier alpha value is -3.48. The van der Waals surface area contributed by atoms with Gasteiger partial charge in [-0.05, 0) is 46.5 Å². The normalized spacial score (nSPS) is 13.5. The van der Waals surface area contributed by atoms with Gasteiger partial charge in [0.15, 0.2) is 0 Å². The Bertz CT molecular complexity index is 1400. The first-order valence-electron chi connectivity index (χ1n) is 11.4. The molecule has 3 heterocycles. The number of carbonyl (C=O) groups is 1. The molecule has 0 aliphatic carbocycles. The maximum atomic E-state index is 13.3. The highest BCUT2D eigenvalue weighted by Gasteiger charge is 2.22. The van der Waals surface area contributed by atoms with Crippen LogP contribution in [0.2, 0.25) is 0 Å². The minimum Gasteiger partial charge on any atom is -0.318 e. The number of thiophene rings is 1. The molecule has 1 aliphatic heterocycles. The topological polar surface area (TPSA) is 54.3 Å². The molecule has 4 aromatic rings. The zero-order valence-corrected chi connectivity index (χ0v) is 20.2. The van der Waals surface area contributed by atoms with Crippen molar-refractivity contribution in [3.63, 3.8) is 0 Å². The van der Waals surface area contributed by atoms with Crippen LogP contribution >= 0.6 is 11.3 Å². The van der Waals surface area contributed by atoms with Gasteiger partial charge in [0.25, 0.3) is 5.56 Å². The van der Waals surface area contributed by atoms with Gasteiger partial charge in [-0.2, -0.15) is 0 Å². The van der Waals surface area contributed by atoms with Crippen molar-refractivity contribution < 1.29 is 4.79 Å². The third-order valence-electron chi connectivity index (χ3n) is 6.31. The van der Waals surface area contributed by atoms with Gasteiger partial charge in [0.05, 0.1) is 5.00 Å². The van der Waals surface area contributed by atoms with Gasteiger partial charge in [-0.1, -0.05) is 48.5 Å². The van der Waals surface area contributed by atoms with E-state index in [0.717, 1.165) is 59.0 Å². The Balaban J connectivity index is 1.43. The number of carbonyl (C=O) groups excluding carboxylic acids is 1. The van der Waals surface area contributed by atoms with Gasteiger partial charge < -0.3 is 9.88 Å². The lowest BCUT2D eigenvalue weighted by atomic mass is 9.96. The Morgan fingerprint density at radius 3 is 2.53 bits per heavy atom. The number of pyridine rings is 1. The SMILES string of the molecule is CC(=O)Nc1ccc(CN2CCc3c(cc(-c4cccc(-c5ccccc5)c4)c(=O)n3C)C2)s1. The van der Waals surface area contributed by atoms with E-state index in [4.69, 9.17) is 0 Å². The predicted octanol–water partition coefficient (Wildman–Crippen LogP) is 5.30. The first-order valence-corrected chi connectivity index (χ1v) is 12.3. The summed E-state index contributed by atoms with van der Waals surface area (Å²) in [6.07, 6.45) is 0.843. The van der Waals surface area contributed by atoms with Crippen LogP contribution < -0.4 is 10.9 Å². The molecule has 0 spiro atoms. The lowest BCUT2D eigenvalue weighted by Crippen LogP contribution is -2.35. The third kappa shape index (κ3) is 4.60. The molecular weight excluding hydrogens is 442 g/mol. The van der Waals surface area contributed by atoms with Crippen molar-refractivity contribution >= 4 is 22.2 Å². The molecule has 172 valence electrons. The standard InChI is InChI=1S/C28H27N3O2S/c1-19(32)29-27-12-11-24(34-27)18-31-14-13-26-23(17-31)16-25(28(33)30(26)2)22-10-6-9-21(15-22)20-7-4-3-5-8-20/h3-12,15-16H,13-14,17-18H2,1-2H3,(H,29,32). The van der Waals surface area contributed by atoms with E-state index in [9.17, 15) is 9.59 Å². The Labute approximate surface area is 203 Å². The Morgan fingerprint density at radius 2 is 1.74 bits per heavy atom.